The number of rotatable bonds is 9. The molecule has 0 aliphatic rings. The number of aromatic hydroxyl groups is 1. The molecule has 0 spiro atoms. The number of amides is 1. The quantitative estimate of drug-likeness (QED) is 0.469. The van der Waals surface area contributed by atoms with Gasteiger partial charge in [-0.25, -0.2) is 0 Å². The van der Waals surface area contributed by atoms with E-state index >= 15 is 0 Å². The Morgan fingerprint density at radius 2 is 1.58 bits per heavy atom. The van der Waals surface area contributed by atoms with Crippen molar-refractivity contribution in [2.75, 3.05) is 5.32 Å². The molecule has 0 fully saturated rings. The fraction of sp³-hybridized carbons (Fsp3) is 0.381. The summed E-state index contributed by atoms with van der Waals surface area (Å²) in [5.41, 5.74) is 2.30. The van der Waals surface area contributed by atoms with Crippen molar-refractivity contribution >= 4 is 11.6 Å². The van der Waals surface area contributed by atoms with E-state index in [2.05, 4.69) is 12.2 Å². The minimum absolute atomic E-state index is 0.0746. The molecule has 0 atom stereocenters. The summed E-state index contributed by atoms with van der Waals surface area (Å²) < 4.78 is 0. The van der Waals surface area contributed by atoms with Crippen molar-refractivity contribution in [3.8, 4) is 5.75 Å². The summed E-state index contributed by atoms with van der Waals surface area (Å²) in [6.07, 6.45) is 8.80. The average molecular weight is 325 g/mol. The van der Waals surface area contributed by atoms with Crippen molar-refractivity contribution in [2.45, 2.75) is 51.9 Å². The summed E-state index contributed by atoms with van der Waals surface area (Å²) in [5.74, 6) is -0.131. The predicted molar refractivity (Wildman–Crippen MR) is 99.6 cm³/mol. The number of nitrogens with one attached hydrogen (secondary N) is 1. The van der Waals surface area contributed by atoms with Gasteiger partial charge in [-0.2, -0.15) is 0 Å². The number of carbonyl (C=O) groups is 1. The molecule has 24 heavy (non-hydrogen) atoms. The molecule has 0 bridgehead atoms. The molecule has 2 aromatic carbocycles. The molecule has 0 aromatic heterocycles. The van der Waals surface area contributed by atoms with Crippen molar-refractivity contribution in [1.82, 2.24) is 0 Å². The van der Waals surface area contributed by atoms with E-state index in [4.69, 9.17) is 0 Å². The largest absolute Gasteiger partial charge is 0.506 e. The highest BCUT2D eigenvalue weighted by Gasteiger charge is 2.08. The summed E-state index contributed by atoms with van der Waals surface area (Å²) in [6, 6.07) is 14.5. The Kier molecular flexibility index (Phi) is 7.34. The third-order valence-corrected chi connectivity index (χ3v) is 4.19. The molecule has 2 aromatic rings. The molecule has 128 valence electrons. The highest BCUT2D eigenvalue weighted by molar-refractivity contribution is 6.04. The van der Waals surface area contributed by atoms with Gasteiger partial charge in [-0.15, -0.1) is 0 Å². The summed E-state index contributed by atoms with van der Waals surface area (Å²) in [5, 5.41) is 12.4. The molecular formula is C21H27NO2. The Morgan fingerprint density at radius 1 is 0.917 bits per heavy atom. The standard InChI is InChI=1S/C21H27NO2/c1-2-3-4-5-6-7-10-17-13-15-18(16-14-17)21(24)22-19-11-8-9-12-20(19)23/h8-9,11-16,23H,2-7,10H2,1H3,(H,22,24). The number of hydrogen-bond acceptors (Lipinski definition) is 2. The SMILES string of the molecule is CCCCCCCCc1ccc(C(=O)Nc2ccccc2O)cc1. The Bertz CT molecular complexity index is 635. The van der Waals surface area contributed by atoms with Crippen LogP contribution in [0.5, 0.6) is 5.75 Å². The molecule has 1 amide bonds. The normalized spacial score (nSPS) is 10.5. The van der Waals surface area contributed by atoms with Crippen LogP contribution in [0.25, 0.3) is 0 Å². The lowest BCUT2D eigenvalue weighted by Crippen LogP contribution is -2.11. The van der Waals surface area contributed by atoms with E-state index < -0.39 is 0 Å². The zero-order chi connectivity index (χ0) is 17.2. The topological polar surface area (TPSA) is 49.3 Å². The zero-order valence-electron chi connectivity index (χ0n) is 14.4. The van der Waals surface area contributed by atoms with Crippen LogP contribution in [0.2, 0.25) is 0 Å². The molecular weight excluding hydrogens is 298 g/mol. The maximum Gasteiger partial charge on any atom is 0.255 e. The van der Waals surface area contributed by atoms with Crippen molar-refractivity contribution < 1.29 is 9.90 Å². The van der Waals surface area contributed by atoms with Crippen LogP contribution in [0, 0.1) is 0 Å². The second kappa shape index (κ2) is 9.76. The molecule has 0 heterocycles. The maximum atomic E-state index is 12.2. The van der Waals surface area contributed by atoms with Crippen molar-refractivity contribution in [3.63, 3.8) is 0 Å². The van der Waals surface area contributed by atoms with Gasteiger partial charge in [-0.1, -0.05) is 63.3 Å². The van der Waals surface area contributed by atoms with Crippen LogP contribution in [0.1, 0.15) is 61.4 Å². The van der Waals surface area contributed by atoms with Crippen LogP contribution in [0.4, 0.5) is 5.69 Å². The van der Waals surface area contributed by atoms with Gasteiger partial charge >= 0.3 is 0 Å². The fourth-order valence-corrected chi connectivity index (χ4v) is 2.71. The Hall–Kier alpha value is -2.29. The predicted octanol–water partition coefficient (Wildman–Crippen LogP) is 5.55. The first-order valence-corrected chi connectivity index (χ1v) is 8.89. The molecule has 2 rings (SSSR count). The molecule has 3 heteroatoms. The van der Waals surface area contributed by atoms with Crippen LogP contribution in [0.3, 0.4) is 0 Å². The van der Waals surface area contributed by atoms with Gasteiger partial charge in [0.1, 0.15) is 5.75 Å². The summed E-state index contributed by atoms with van der Waals surface area (Å²) in [4.78, 5) is 12.2. The average Bonchev–Trinajstić information content (AvgIpc) is 2.60. The number of carbonyl (C=O) groups excluding carboxylic acids is 1. The van der Waals surface area contributed by atoms with Crippen LogP contribution in [0.15, 0.2) is 48.5 Å². The van der Waals surface area contributed by atoms with Crippen LogP contribution >= 0.6 is 0 Å². The summed E-state index contributed by atoms with van der Waals surface area (Å²) in [7, 11) is 0. The summed E-state index contributed by atoms with van der Waals surface area (Å²) >= 11 is 0. The number of unbranched alkanes of at least 4 members (excludes halogenated alkanes) is 5. The fourth-order valence-electron chi connectivity index (χ4n) is 2.71. The first-order chi connectivity index (χ1) is 11.7. The molecule has 2 N–H and O–H groups in total. The molecule has 3 nitrogen and oxygen atoms in total. The Labute approximate surface area is 144 Å². The minimum Gasteiger partial charge on any atom is -0.506 e. The molecule has 0 saturated carbocycles. The van der Waals surface area contributed by atoms with Crippen LogP contribution in [-0.2, 0) is 6.42 Å². The molecule has 0 radical (unpaired) electrons. The summed E-state index contributed by atoms with van der Waals surface area (Å²) in [6.45, 7) is 2.23. The molecule has 0 unspecified atom stereocenters. The molecule has 0 aliphatic heterocycles. The van der Waals surface area contributed by atoms with Gasteiger partial charge in [0.25, 0.3) is 5.91 Å². The van der Waals surface area contributed by atoms with E-state index in [1.807, 2.05) is 24.3 Å². The van der Waals surface area contributed by atoms with E-state index in [1.165, 1.54) is 44.1 Å². The highest BCUT2D eigenvalue weighted by atomic mass is 16.3. The smallest absolute Gasteiger partial charge is 0.255 e. The third-order valence-electron chi connectivity index (χ3n) is 4.19. The lowest BCUT2D eigenvalue weighted by molar-refractivity contribution is 0.102. The number of phenolic OH excluding ortho intramolecular Hbond substituents is 1. The molecule has 0 aliphatic carbocycles. The van der Waals surface area contributed by atoms with Crippen molar-refractivity contribution in [1.29, 1.82) is 0 Å². The lowest BCUT2D eigenvalue weighted by atomic mass is 10.0. The number of hydrogen-bond donors (Lipinski definition) is 2. The van der Waals surface area contributed by atoms with Gasteiger partial charge in [0.2, 0.25) is 0 Å². The first kappa shape index (κ1) is 18.1. The van der Waals surface area contributed by atoms with Gasteiger partial charge in [0.05, 0.1) is 5.69 Å². The second-order valence-corrected chi connectivity index (χ2v) is 6.19. The first-order valence-electron chi connectivity index (χ1n) is 8.89. The van der Waals surface area contributed by atoms with Gasteiger partial charge in [-0.05, 0) is 42.7 Å². The number of anilines is 1. The van der Waals surface area contributed by atoms with Crippen LogP contribution < -0.4 is 5.32 Å². The second-order valence-electron chi connectivity index (χ2n) is 6.19. The highest BCUT2D eigenvalue weighted by Crippen LogP contribution is 2.22. The number of aryl methyl sites for hydroxylation is 1. The van der Waals surface area contributed by atoms with Gasteiger partial charge in [0.15, 0.2) is 0 Å². The molecule has 0 saturated heterocycles. The monoisotopic (exact) mass is 325 g/mol. The van der Waals surface area contributed by atoms with E-state index in [-0.39, 0.29) is 11.7 Å². The zero-order valence-corrected chi connectivity index (χ0v) is 14.4. The van der Waals surface area contributed by atoms with Gasteiger partial charge < -0.3 is 10.4 Å². The van der Waals surface area contributed by atoms with E-state index in [0.717, 1.165) is 6.42 Å². The van der Waals surface area contributed by atoms with Gasteiger partial charge in [0, 0.05) is 5.56 Å². The van der Waals surface area contributed by atoms with E-state index in [1.54, 1.807) is 24.3 Å². The van der Waals surface area contributed by atoms with Crippen molar-refractivity contribution in [2.24, 2.45) is 0 Å². The number of benzene rings is 2. The number of para-hydroxylation sites is 2. The van der Waals surface area contributed by atoms with Crippen LogP contribution in [-0.4, -0.2) is 11.0 Å². The van der Waals surface area contributed by atoms with E-state index in [9.17, 15) is 9.90 Å². The maximum absolute atomic E-state index is 12.2. The lowest BCUT2D eigenvalue weighted by Gasteiger charge is -2.08. The Balaban J connectivity index is 1.81. The van der Waals surface area contributed by atoms with Crippen molar-refractivity contribution in [3.05, 3.63) is 59.7 Å². The van der Waals surface area contributed by atoms with Gasteiger partial charge in [-0.3, -0.25) is 4.79 Å². The Morgan fingerprint density at radius 3 is 2.29 bits per heavy atom. The number of phenols is 1. The van der Waals surface area contributed by atoms with E-state index in [0.29, 0.717) is 11.3 Å². The third kappa shape index (κ3) is 5.73. The minimum atomic E-state index is -0.206.